The molecule has 1 aromatic heterocycles. The van der Waals surface area contributed by atoms with Crippen LogP contribution in [0.4, 0.5) is 0 Å². The van der Waals surface area contributed by atoms with Gasteiger partial charge in [-0.15, -0.1) is 0 Å². The van der Waals surface area contributed by atoms with Crippen LogP contribution in [-0.4, -0.2) is 15.5 Å². The molecular formula is C18H16ClN3O2. The molecule has 0 atom stereocenters. The molecule has 5 nitrogen and oxygen atoms in total. The van der Waals surface area contributed by atoms with E-state index >= 15 is 0 Å². The van der Waals surface area contributed by atoms with Gasteiger partial charge in [0.25, 0.3) is 5.56 Å². The highest BCUT2D eigenvalue weighted by molar-refractivity contribution is 6.30. The third-order valence-electron chi connectivity index (χ3n) is 3.73. The minimum atomic E-state index is -0.253. The zero-order chi connectivity index (χ0) is 17.1. The number of hydrogen-bond acceptors (Lipinski definition) is 3. The highest BCUT2D eigenvalue weighted by Crippen LogP contribution is 2.10. The second-order valence-corrected chi connectivity index (χ2v) is 5.91. The molecule has 0 radical (unpaired) electrons. The smallest absolute Gasteiger partial charge is 0.261 e. The second-order valence-electron chi connectivity index (χ2n) is 5.47. The molecule has 0 saturated carbocycles. The molecule has 0 unspecified atom stereocenters. The fraction of sp³-hybridized carbons (Fsp3) is 0.167. The Labute approximate surface area is 143 Å². The molecule has 122 valence electrons. The number of aryl methyl sites for hydroxylation is 1. The van der Waals surface area contributed by atoms with Gasteiger partial charge in [-0.1, -0.05) is 35.9 Å². The summed E-state index contributed by atoms with van der Waals surface area (Å²) >= 11 is 5.92. The number of carbonyl (C=O) groups is 1. The molecule has 0 aliphatic heterocycles. The van der Waals surface area contributed by atoms with E-state index in [1.54, 1.807) is 37.3 Å². The van der Waals surface area contributed by atoms with E-state index in [4.69, 9.17) is 11.6 Å². The van der Waals surface area contributed by atoms with Crippen molar-refractivity contribution in [1.29, 1.82) is 0 Å². The lowest BCUT2D eigenvalue weighted by Crippen LogP contribution is -2.33. The Kier molecular flexibility index (Phi) is 4.62. The maximum Gasteiger partial charge on any atom is 0.261 e. The first-order valence-electron chi connectivity index (χ1n) is 7.52. The number of aromatic nitrogens is 2. The lowest BCUT2D eigenvalue weighted by Gasteiger charge is -2.11. The van der Waals surface area contributed by atoms with Gasteiger partial charge in [0.15, 0.2) is 0 Å². The van der Waals surface area contributed by atoms with Gasteiger partial charge in [-0.25, -0.2) is 4.98 Å². The molecule has 0 bridgehead atoms. The molecule has 2 aromatic carbocycles. The maximum absolute atomic E-state index is 12.5. The van der Waals surface area contributed by atoms with Gasteiger partial charge in [0.1, 0.15) is 12.4 Å². The topological polar surface area (TPSA) is 64.0 Å². The number of nitrogens with one attached hydrogen (secondary N) is 1. The van der Waals surface area contributed by atoms with Crippen LogP contribution < -0.4 is 10.9 Å². The van der Waals surface area contributed by atoms with Crippen LogP contribution >= 0.6 is 11.6 Å². The van der Waals surface area contributed by atoms with Crippen molar-refractivity contribution in [3.05, 3.63) is 75.3 Å². The summed E-state index contributed by atoms with van der Waals surface area (Å²) in [6, 6.07) is 14.4. The van der Waals surface area contributed by atoms with Gasteiger partial charge in [-0.3, -0.25) is 14.2 Å². The summed E-state index contributed by atoms with van der Waals surface area (Å²) in [6.07, 6.45) is 0. The summed E-state index contributed by atoms with van der Waals surface area (Å²) in [7, 11) is 0. The van der Waals surface area contributed by atoms with Crippen molar-refractivity contribution in [2.45, 2.75) is 20.0 Å². The lowest BCUT2D eigenvalue weighted by atomic mass is 10.2. The van der Waals surface area contributed by atoms with E-state index in [-0.39, 0.29) is 18.0 Å². The van der Waals surface area contributed by atoms with E-state index in [0.29, 0.717) is 28.3 Å². The molecule has 1 amide bonds. The number of carbonyl (C=O) groups excluding carboxylic acids is 1. The first kappa shape index (κ1) is 16.2. The molecule has 3 rings (SSSR count). The molecular weight excluding hydrogens is 326 g/mol. The minimum absolute atomic E-state index is 0.0664. The lowest BCUT2D eigenvalue weighted by molar-refractivity contribution is -0.121. The van der Waals surface area contributed by atoms with Crippen molar-refractivity contribution in [2.75, 3.05) is 0 Å². The summed E-state index contributed by atoms with van der Waals surface area (Å²) in [5.74, 6) is 0.258. The van der Waals surface area contributed by atoms with Gasteiger partial charge < -0.3 is 5.32 Å². The van der Waals surface area contributed by atoms with Crippen molar-refractivity contribution < 1.29 is 4.79 Å². The summed E-state index contributed by atoms with van der Waals surface area (Å²) in [5, 5.41) is 3.92. The van der Waals surface area contributed by atoms with Gasteiger partial charge in [0.2, 0.25) is 5.91 Å². The van der Waals surface area contributed by atoms with Gasteiger partial charge >= 0.3 is 0 Å². The fourth-order valence-corrected chi connectivity index (χ4v) is 2.73. The first-order chi connectivity index (χ1) is 11.5. The SMILES string of the molecule is Cc1nc2ccccc2c(=O)n1CC(=O)NCc1cccc(Cl)c1. The van der Waals surface area contributed by atoms with Crippen LogP contribution in [0.5, 0.6) is 0 Å². The Morgan fingerprint density at radius 1 is 1.21 bits per heavy atom. The van der Waals surface area contributed by atoms with Gasteiger partial charge in [0, 0.05) is 11.6 Å². The molecule has 0 aliphatic rings. The van der Waals surface area contributed by atoms with E-state index in [2.05, 4.69) is 10.3 Å². The molecule has 1 heterocycles. The first-order valence-corrected chi connectivity index (χ1v) is 7.90. The Bertz CT molecular complexity index is 966. The Hall–Kier alpha value is -2.66. The summed E-state index contributed by atoms with van der Waals surface area (Å²) in [6.45, 7) is 2.01. The molecule has 0 aliphatic carbocycles. The molecule has 6 heteroatoms. The monoisotopic (exact) mass is 341 g/mol. The van der Waals surface area contributed by atoms with Crippen LogP contribution in [0, 0.1) is 6.92 Å². The van der Waals surface area contributed by atoms with E-state index in [1.165, 1.54) is 4.57 Å². The van der Waals surface area contributed by atoms with Gasteiger partial charge in [-0.2, -0.15) is 0 Å². The molecule has 0 spiro atoms. The largest absolute Gasteiger partial charge is 0.350 e. The Balaban J connectivity index is 1.77. The van der Waals surface area contributed by atoms with Crippen molar-refractivity contribution in [1.82, 2.24) is 14.9 Å². The van der Waals surface area contributed by atoms with E-state index < -0.39 is 0 Å². The highest BCUT2D eigenvalue weighted by Gasteiger charge is 2.11. The number of halogens is 1. The van der Waals surface area contributed by atoms with Gasteiger partial charge in [0.05, 0.1) is 10.9 Å². The Morgan fingerprint density at radius 2 is 2.00 bits per heavy atom. The van der Waals surface area contributed by atoms with E-state index in [9.17, 15) is 9.59 Å². The van der Waals surface area contributed by atoms with Gasteiger partial charge in [-0.05, 0) is 36.8 Å². The summed E-state index contributed by atoms with van der Waals surface area (Å²) in [4.78, 5) is 29.1. The number of fused-ring (bicyclic) bond motifs is 1. The van der Waals surface area contributed by atoms with E-state index in [1.807, 2.05) is 18.2 Å². The van der Waals surface area contributed by atoms with Crippen molar-refractivity contribution in [3.63, 3.8) is 0 Å². The van der Waals surface area contributed by atoms with Crippen LogP contribution in [0.2, 0.25) is 5.02 Å². The molecule has 0 saturated heterocycles. The van der Waals surface area contributed by atoms with Crippen molar-refractivity contribution >= 4 is 28.4 Å². The minimum Gasteiger partial charge on any atom is -0.350 e. The number of amides is 1. The third kappa shape index (κ3) is 3.46. The predicted molar refractivity (Wildman–Crippen MR) is 94.0 cm³/mol. The number of rotatable bonds is 4. The molecule has 24 heavy (non-hydrogen) atoms. The average Bonchev–Trinajstić information content (AvgIpc) is 2.57. The zero-order valence-electron chi connectivity index (χ0n) is 13.1. The van der Waals surface area contributed by atoms with Crippen molar-refractivity contribution in [2.24, 2.45) is 0 Å². The number of hydrogen-bond donors (Lipinski definition) is 1. The van der Waals surface area contributed by atoms with Crippen molar-refractivity contribution in [3.8, 4) is 0 Å². The number of nitrogens with zero attached hydrogens (tertiary/aromatic N) is 2. The summed E-state index contributed by atoms with van der Waals surface area (Å²) < 4.78 is 1.38. The third-order valence-corrected chi connectivity index (χ3v) is 3.97. The second kappa shape index (κ2) is 6.84. The molecule has 3 aromatic rings. The van der Waals surface area contributed by atoms with E-state index in [0.717, 1.165) is 5.56 Å². The molecule has 1 N–H and O–H groups in total. The van der Waals surface area contributed by atoms with Crippen LogP contribution in [0.1, 0.15) is 11.4 Å². The highest BCUT2D eigenvalue weighted by atomic mass is 35.5. The molecule has 0 fully saturated rings. The van der Waals surface area contributed by atoms with Crippen LogP contribution in [0.3, 0.4) is 0 Å². The average molecular weight is 342 g/mol. The number of benzene rings is 2. The zero-order valence-corrected chi connectivity index (χ0v) is 13.9. The quantitative estimate of drug-likeness (QED) is 0.793. The fourth-order valence-electron chi connectivity index (χ4n) is 2.51. The van der Waals surface area contributed by atoms with Crippen LogP contribution in [0.25, 0.3) is 10.9 Å². The standard InChI is InChI=1S/C18H16ClN3O2/c1-12-21-16-8-3-2-7-15(16)18(24)22(12)11-17(23)20-10-13-5-4-6-14(19)9-13/h2-9H,10-11H2,1H3,(H,20,23). The maximum atomic E-state index is 12.5. The Morgan fingerprint density at radius 3 is 2.79 bits per heavy atom. The number of para-hydroxylation sites is 1. The van der Waals surface area contributed by atoms with Crippen LogP contribution in [-0.2, 0) is 17.9 Å². The predicted octanol–water partition coefficient (Wildman–Crippen LogP) is 2.67. The normalized spacial score (nSPS) is 10.8. The summed E-state index contributed by atoms with van der Waals surface area (Å²) in [5.41, 5.74) is 1.32. The van der Waals surface area contributed by atoms with Crippen LogP contribution in [0.15, 0.2) is 53.3 Å².